The first kappa shape index (κ1) is 101. The molecule has 0 spiro atoms. The first-order valence-corrected chi connectivity index (χ1v) is 49.9. The second-order valence-corrected chi connectivity index (χ2v) is 40.6. The minimum Gasteiger partial charge on any atom is -0.311 e. The third-order valence-electron chi connectivity index (χ3n) is 27.4. The summed E-state index contributed by atoms with van der Waals surface area (Å²) in [5.41, 5.74) is 54.1. The van der Waals surface area contributed by atoms with Gasteiger partial charge in [-0.3, -0.25) is 0 Å². The Morgan fingerprint density at radius 3 is 0.849 bits per heavy atom. The van der Waals surface area contributed by atoms with E-state index in [0.29, 0.717) is 29.6 Å². The van der Waals surface area contributed by atoms with Gasteiger partial charge in [0.05, 0.1) is 22.7 Å². The maximum atomic E-state index is 2.49. The molecule has 0 unspecified atom stereocenters. The minimum absolute atomic E-state index is 0.411. The molecule has 0 N–H and O–H groups in total. The summed E-state index contributed by atoms with van der Waals surface area (Å²) in [4.78, 5) is 0. The molecule has 0 aliphatic heterocycles. The van der Waals surface area contributed by atoms with E-state index in [4.69, 9.17) is 0 Å². The predicted molar refractivity (Wildman–Crippen MR) is 584 cm³/mol. The molecule has 710 valence electrons. The van der Waals surface area contributed by atoms with Crippen LogP contribution in [0.4, 0.5) is 0 Å². The summed E-state index contributed by atoms with van der Waals surface area (Å²) >= 11 is 0. The van der Waals surface area contributed by atoms with E-state index in [1.165, 1.54) is 236 Å². The third-order valence-corrected chi connectivity index (χ3v) is 27.4. The molecule has 0 aliphatic carbocycles. The fourth-order valence-corrected chi connectivity index (χ4v) is 20.9. The van der Waals surface area contributed by atoms with E-state index in [0.717, 1.165) is 0 Å². The molecule has 18 aromatic rings. The molecule has 0 fully saturated rings. The van der Waals surface area contributed by atoms with Crippen LogP contribution in [-0.2, 0) is 35.2 Å². The number of aromatic nitrogens is 10. The molecular weight excluding hydrogens is 1690 g/mol. The molecule has 0 radical (unpaired) electrons. The summed E-state index contributed by atoms with van der Waals surface area (Å²) in [6.45, 7) is 57.9. The topological polar surface area (TPSA) is 44.0 Å². The van der Waals surface area contributed by atoms with Gasteiger partial charge in [0.15, 0.2) is 31.0 Å². The summed E-state index contributed by atoms with van der Waals surface area (Å²) in [5, 5.41) is 0. The second kappa shape index (κ2) is 43.3. The molecule has 10 aromatic heterocycles. The van der Waals surface area contributed by atoms with Crippen molar-refractivity contribution in [1.82, 2.24) is 22.8 Å². The van der Waals surface area contributed by atoms with Gasteiger partial charge in [0.1, 0.15) is 63.7 Å². The number of aryl methyl sites for hydroxylation is 21. The van der Waals surface area contributed by atoms with Crippen LogP contribution in [0.15, 0.2) is 310 Å². The molecule has 0 bridgehead atoms. The third kappa shape index (κ3) is 21.6. The lowest BCUT2D eigenvalue weighted by Crippen LogP contribution is -2.32. The zero-order valence-corrected chi connectivity index (χ0v) is 88.8. The second-order valence-electron chi connectivity index (χ2n) is 40.6. The van der Waals surface area contributed by atoms with Crippen LogP contribution in [0.5, 0.6) is 0 Å². The van der Waals surface area contributed by atoms with Crippen molar-refractivity contribution in [2.75, 3.05) is 0 Å². The van der Waals surface area contributed by atoms with E-state index < -0.39 is 0 Å². The van der Waals surface area contributed by atoms with E-state index in [1.54, 1.807) is 0 Å². The number of hydrogen-bond acceptors (Lipinski definition) is 0. The molecule has 0 saturated heterocycles. The Morgan fingerprint density at radius 2 is 0.496 bits per heavy atom. The van der Waals surface area contributed by atoms with Gasteiger partial charge in [-0.15, -0.1) is 0 Å². The molecule has 139 heavy (non-hydrogen) atoms. The van der Waals surface area contributed by atoms with Crippen molar-refractivity contribution in [2.24, 2.45) is 35.2 Å². The Balaban J connectivity index is 0.000000139. The van der Waals surface area contributed by atoms with Crippen LogP contribution in [0.2, 0.25) is 0 Å². The number of benzene rings is 8. The highest BCUT2D eigenvalue weighted by atomic mass is 15.1. The summed E-state index contributed by atoms with van der Waals surface area (Å²) in [5.74, 6) is 2.26. The van der Waals surface area contributed by atoms with Crippen molar-refractivity contribution < 1.29 is 22.8 Å². The van der Waals surface area contributed by atoms with E-state index in [9.17, 15) is 0 Å². The lowest BCUT2D eigenvalue weighted by atomic mass is 9.88. The Bertz CT molecular complexity index is 7310. The van der Waals surface area contributed by atoms with Crippen LogP contribution in [0.1, 0.15) is 216 Å². The summed E-state index contributed by atoms with van der Waals surface area (Å²) < 4.78 is 23.3. The fraction of sp³-hybridized carbons (Fsp3) is 0.279. The van der Waals surface area contributed by atoms with Gasteiger partial charge >= 0.3 is 0 Å². The summed E-state index contributed by atoms with van der Waals surface area (Å²) in [6, 6.07) is 97.1. The number of rotatable bonds is 18. The fourth-order valence-electron chi connectivity index (χ4n) is 20.9. The van der Waals surface area contributed by atoms with E-state index in [1.807, 2.05) is 0 Å². The Kier molecular flexibility index (Phi) is 31.4. The molecule has 10 heteroatoms. The Hall–Kier alpha value is -14.1. The molecule has 10 heterocycles. The average molecular weight is 1840 g/mol. The molecular formula is C129H149N10+5. The van der Waals surface area contributed by atoms with Gasteiger partial charge < -0.3 is 22.8 Å². The standard InChI is InChI=1S/C30H27N2.C30H35N2.C25H33N2.2C22H27N2/c1-22-17-18-28(31(3)21-22)29-23(2)19-20-32(29)30-26(24-11-6-4-7-12-24)15-10-16-27(30)25-13-8-5-9-14-25;1-20(2)26-17-25(24-11-9-8-10-12-24)18-27(21(3)4)30(26)32-16-15-23(6)29(32)28-14-13-22(5)19-31(28)7;1-16(2)21-10-9-11-22(17(3)4)25(21)27-20(7)14-19(6)24(27)23-13-12-18(5)15-26(23)8;1-14-8-9-20(23(7)13-14)22-18(5)12-19(6)24(22)21-16(3)10-15(2)11-17(21)4;1-15(2)19-9-7-8-10-20(19)24-18(5)13-17(4)22(24)21-12-11-16(3)14-23(21)6/h4-21H,1-3H3;8-21H,1-7H3;9-17H,1-8H3;8-13H,1-7H3;7-15H,1-6H3/q5*+1. The highest BCUT2D eigenvalue weighted by Crippen LogP contribution is 2.44. The van der Waals surface area contributed by atoms with Crippen molar-refractivity contribution >= 4 is 0 Å². The summed E-state index contributed by atoms with van der Waals surface area (Å²) in [7, 11) is 10.7. The van der Waals surface area contributed by atoms with Crippen LogP contribution in [-0.4, -0.2) is 22.8 Å². The minimum atomic E-state index is 0.411. The molecule has 0 amide bonds. The van der Waals surface area contributed by atoms with Crippen LogP contribution in [0.25, 0.3) is 119 Å². The Labute approximate surface area is 831 Å². The SMILES string of the molecule is Cc1cc(C)c(-n2c(C)cc(C)c2-c2ccc(C)c[n+]2C)c(C)c1.Cc1ccc(-c2c(C)cc(C)n2-c2c(C(C)C)cccc2C(C)C)[n+](C)c1.Cc1ccc(-c2c(C)cc(C)n2-c2ccccc2C(C)C)[n+](C)c1.Cc1ccc(-c2c(C)ccn2-c2c(-c3ccccc3)cccc2-c2ccccc2)[n+](C)c1.Cc1ccc(-c2c(C)ccn2-c2c(C(C)C)cc(-c3ccccc3)cc2C(C)C)[n+](C)c1. The highest BCUT2D eigenvalue weighted by molar-refractivity contribution is 5.87. The number of nitrogens with zero attached hydrogens (tertiary/aromatic N) is 10. The molecule has 0 atom stereocenters. The quantitative estimate of drug-likeness (QED) is 0.0769. The molecule has 18 rings (SSSR count). The van der Waals surface area contributed by atoms with Crippen LogP contribution in [0.3, 0.4) is 0 Å². The zero-order chi connectivity index (χ0) is 100.0. The number of para-hydroxylation sites is 3. The predicted octanol–water partition coefficient (Wildman–Crippen LogP) is 30.4. The zero-order valence-electron chi connectivity index (χ0n) is 88.8. The van der Waals surface area contributed by atoms with Crippen molar-refractivity contribution in [3.63, 3.8) is 0 Å². The van der Waals surface area contributed by atoms with Gasteiger partial charge in [-0.05, 0) is 308 Å². The van der Waals surface area contributed by atoms with Crippen LogP contribution >= 0.6 is 0 Å². The lowest BCUT2D eigenvalue weighted by molar-refractivity contribution is -0.661. The van der Waals surface area contributed by atoms with E-state index >= 15 is 0 Å². The summed E-state index contributed by atoms with van der Waals surface area (Å²) in [6.07, 6.45) is 15.4. The number of hydrogen-bond donors (Lipinski definition) is 0. The van der Waals surface area contributed by atoms with Crippen LogP contribution in [0, 0.1) is 111 Å². The monoisotopic (exact) mass is 1840 g/mol. The van der Waals surface area contributed by atoms with Gasteiger partial charge in [0.2, 0.25) is 28.5 Å². The van der Waals surface area contributed by atoms with Crippen molar-refractivity contribution in [3.05, 3.63) is 428 Å². The average Bonchev–Trinajstić information content (AvgIpc) is 0.840. The normalized spacial score (nSPS) is 11.3. The van der Waals surface area contributed by atoms with Gasteiger partial charge in [0, 0.05) is 104 Å². The van der Waals surface area contributed by atoms with Crippen molar-refractivity contribution in [3.8, 4) is 119 Å². The van der Waals surface area contributed by atoms with Gasteiger partial charge in [-0.25, -0.2) is 0 Å². The maximum absolute atomic E-state index is 2.49. The van der Waals surface area contributed by atoms with E-state index in [-0.39, 0.29) is 0 Å². The first-order valence-electron chi connectivity index (χ1n) is 49.9. The van der Waals surface area contributed by atoms with Crippen molar-refractivity contribution in [2.45, 2.75) is 210 Å². The van der Waals surface area contributed by atoms with Gasteiger partial charge in [0.25, 0.3) is 0 Å². The molecule has 8 aromatic carbocycles. The molecule has 10 nitrogen and oxygen atoms in total. The van der Waals surface area contributed by atoms with Crippen LogP contribution < -0.4 is 22.8 Å². The smallest absolute Gasteiger partial charge is 0.229 e. The van der Waals surface area contributed by atoms with Gasteiger partial charge in [-0.2, -0.15) is 22.8 Å². The maximum Gasteiger partial charge on any atom is 0.229 e. The Morgan fingerprint density at radius 1 is 0.201 bits per heavy atom. The van der Waals surface area contributed by atoms with E-state index in [2.05, 4.69) is 571 Å². The van der Waals surface area contributed by atoms with Crippen molar-refractivity contribution in [1.29, 1.82) is 0 Å². The largest absolute Gasteiger partial charge is 0.311 e. The first-order chi connectivity index (χ1) is 66.3. The molecule has 0 aliphatic rings. The number of pyridine rings is 5. The van der Waals surface area contributed by atoms with Gasteiger partial charge in [-0.1, -0.05) is 233 Å². The molecule has 0 saturated carbocycles. The lowest BCUT2D eigenvalue weighted by Gasteiger charge is -2.24. The highest BCUT2D eigenvalue weighted by Gasteiger charge is 2.31.